The van der Waals surface area contributed by atoms with E-state index in [1.54, 1.807) is 35.3 Å². The zero-order chi connectivity index (χ0) is 14.5. The molecule has 1 heterocycles. The number of nitrogens with zero attached hydrogens (tertiary/aromatic N) is 4. The average Bonchev–Trinajstić information content (AvgIpc) is 2.94. The summed E-state index contributed by atoms with van der Waals surface area (Å²) in [6.07, 6.45) is 2.45. The fourth-order valence-electron chi connectivity index (χ4n) is 1.84. The molecule has 1 aromatic heterocycles. The number of aromatic nitrogens is 3. The number of ether oxygens (including phenoxy) is 1. The van der Waals surface area contributed by atoms with Gasteiger partial charge in [0.25, 0.3) is 0 Å². The van der Waals surface area contributed by atoms with Crippen molar-refractivity contribution < 1.29 is 4.74 Å². The second-order valence-corrected chi connectivity index (χ2v) is 5.17. The van der Waals surface area contributed by atoms with Crippen molar-refractivity contribution in [3.8, 4) is 11.8 Å². The smallest absolute Gasteiger partial charge is 0.209 e. The predicted octanol–water partition coefficient (Wildman–Crippen LogP) is 3.30. The van der Waals surface area contributed by atoms with Gasteiger partial charge in [0.1, 0.15) is 24.3 Å². The number of rotatable bonds is 5. The summed E-state index contributed by atoms with van der Waals surface area (Å²) in [7, 11) is 0. The highest BCUT2D eigenvalue weighted by molar-refractivity contribution is 6.30. The van der Waals surface area contributed by atoms with Crippen LogP contribution < -0.4 is 4.74 Å². The van der Waals surface area contributed by atoms with E-state index in [9.17, 15) is 5.26 Å². The molecule has 0 amide bonds. The summed E-state index contributed by atoms with van der Waals surface area (Å²) in [6.45, 7) is 3.95. The van der Waals surface area contributed by atoms with E-state index in [1.165, 1.54) is 6.33 Å². The highest BCUT2D eigenvalue weighted by Gasteiger charge is 2.28. The SMILES string of the molecule is CC(C)C(C#N)C(Oc1ccc(Cl)cc1)n1cncn1. The number of hydrogen-bond acceptors (Lipinski definition) is 4. The highest BCUT2D eigenvalue weighted by atomic mass is 35.5. The first-order chi connectivity index (χ1) is 9.61. The Morgan fingerprint density at radius 2 is 2.00 bits per heavy atom. The molecule has 2 aromatic rings. The molecule has 0 aliphatic heterocycles. The minimum absolute atomic E-state index is 0.126. The molecule has 0 bridgehead atoms. The lowest BCUT2D eigenvalue weighted by Crippen LogP contribution is -2.28. The molecule has 5 nitrogen and oxygen atoms in total. The van der Waals surface area contributed by atoms with Gasteiger partial charge >= 0.3 is 0 Å². The third-order valence-corrected chi connectivity index (χ3v) is 3.19. The quantitative estimate of drug-likeness (QED) is 0.847. The average molecular weight is 291 g/mol. The Kier molecular flexibility index (Phi) is 4.59. The number of benzene rings is 1. The maximum absolute atomic E-state index is 9.38. The molecule has 0 fully saturated rings. The van der Waals surface area contributed by atoms with E-state index in [0.29, 0.717) is 10.8 Å². The number of halogens is 1. The van der Waals surface area contributed by atoms with Crippen LogP contribution in [0.25, 0.3) is 0 Å². The standard InChI is InChI=1S/C14H15ClN4O/c1-10(2)13(7-16)14(19-9-17-8-18-19)20-12-5-3-11(15)4-6-12/h3-6,8-10,13-14H,1-2H3. The Bertz CT molecular complexity index is 574. The lowest BCUT2D eigenvalue weighted by Gasteiger charge is -2.25. The molecule has 0 spiro atoms. The van der Waals surface area contributed by atoms with Crippen LogP contribution in [-0.2, 0) is 0 Å². The second-order valence-electron chi connectivity index (χ2n) is 4.74. The molecule has 1 aromatic carbocycles. The maximum atomic E-state index is 9.38. The molecule has 2 atom stereocenters. The summed E-state index contributed by atoms with van der Waals surface area (Å²) in [5, 5.41) is 14.1. The Balaban J connectivity index is 2.28. The maximum Gasteiger partial charge on any atom is 0.209 e. The molecule has 0 aliphatic carbocycles. The van der Waals surface area contributed by atoms with Crippen LogP contribution in [-0.4, -0.2) is 14.8 Å². The van der Waals surface area contributed by atoms with E-state index in [4.69, 9.17) is 16.3 Å². The van der Waals surface area contributed by atoms with Gasteiger partial charge in [-0.2, -0.15) is 10.4 Å². The highest BCUT2D eigenvalue weighted by Crippen LogP contribution is 2.28. The van der Waals surface area contributed by atoms with E-state index in [1.807, 2.05) is 13.8 Å². The molecule has 104 valence electrons. The van der Waals surface area contributed by atoms with E-state index >= 15 is 0 Å². The van der Waals surface area contributed by atoms with Crippen LogP contribution in [0.1, 0.15) is 20.1 Å². The zero-order valence-electron chi connectivity index (χ0n) is 11.3. The third kappa shape index (κ3) is 3.28. The van der Waals surface area contributed by atoms with Crippen LogP contribution in [0.2, 0.25) is 5.02 Å². The van der Waals surface area contributed by atoms with Crippen molar-refractivity contribution in [3.05, 3.63) is 41.9 Å². The van der Waals surface area contributed by atoms with Gasteiger partial charge in [0.2, 0.25) is 6.23 Å². The van der Waals surface area contributed by atoms with Crippen molar-refractivity contribution in [3.63, 3.8) is 0 Å². The minimum atomic E-state index is -0.524. The van der Waals surface area contributed by atoms with Gasteiger partial charge in [0, 0.05) is 5.02 Å². The van der Waals surface area contributed by atoms with Gasteiger partial charge in [0.15, 0.2) is 0 Å². The first kappa shape index (κ1) is 14.4. The van der Waals surface area contributed by atoms with Gasteiger partial charge in [-0.05, 0) is 30.2 Å². The molecular weight excluding hydrogens is 276 g/mol. The van der Waals surface area contributed by atoms with Gasteiger partial charge in [-0.25, -0.2) is 9.67 Å². The van der Waals surface area contributed by atoms with E-state index in [-0.39, 0.29) is 11.8 Å². The van der Waals surface area contributed by atoms with Crippen LogP contribution in [0.15, 0.2) is 36.9 Å². The molecule has 2 unspecified atom stereocenters. The molecule has 20 heavy (non-hydrogen) atoms. The largest absolute Gasteiger partial charge is 0.467 e. The number of hydrogen-bond donors (Lipinski definition) is 0. The van der Waals surface area contributed by atoms with E-state index in [2.05, 4.69) is 16.2 Å². The first-order valence-electron chi connectivity index (χ1n) is 6.27. The van der Waals surface area contributed by atoms with Crippen LogP contribution in [0.4, 0.5) is 0 Å². The van der Waals surface area contributed by atoms with Crippen molar-refractivity contribution in [1.82, 2.24) is 14.8 Å². The molecular formula is C14H15ClN4O. The summed E-state index contributed by atoms with van der Waals surface area (Å²) in [5.74, 6) is 0.421. The fourth-order valence-corrected chi connectivity index (χ4v) is 1.96. The van der Waals surface area contributed by atoms with Crippen molar-refractivity contribution >= 4 is 11.6 Å². The topological polar surface area (TPSA) is 63.7 Å². The van der Waals surface area contributed by atoms with Crippen molar-refractivity contribution in [2.75, 3.05) is 0 Å². The normalized spacial score (nSPS) is 13.8. The second kappa shape index (κ2) is 6.40. The van der Waals surface area contributed by atoms with Gasteiger partial charge in [-0.3, -0.25) is 0 Å². The molecule has 0 radical (unpaired) electrons. The Morgan fingerprint density at radius 3 is 2.50 bits per heavy atom. The first-order valence-corrected chi connectivity index (χ1v) is 6.65. The van der Waals surface area contributed by atoms with Crippen LogP contribution in [0.5, 0.6) is 5.75 Å². The molecule has 2 rings (SSSR count). The van der Waals surface area contributed by atoms with Gasteiger partial charge in [-0.1, -0.05) is 25.4 Å². The van der Waals surface area contributed by atoms with Gasteiger partial charge < -0.3 is 4.74 Å². The van der Waals surface area contributed by atoms with Crippen LogP contribution in [0.3, 0.4) is 0 Å². The van der Waals surface area contributed by atoms with E-state index < -0.39 is 6.23 Å². The monoisotopic (exact) mass is 290 g/mol. The third-order valence-electron chi connectivity index (χ3n) is 2.94. The molecule has 6 heteroatoms. The summed E-state index contributed by atoms with van der Waals surface area (Å²) in [5.41, 5.74) is 0. The lowest BCUT2D eigenvalue weighted by atomic mass is 9.95. The minimum Gasteiger partial charge on any atom is -0.467 e. The molecule has 0 aliphatic rings. The molecule has 0 saturated heterocycles. The van der Waals surface area contributed by atoms with Crippen molar-refractivity contribution in [1.29, 1.82) is 5.26 Å². The zero-order valence-corrected chi connectivity index (χ0v) is 12.0. The van der Waals surface area contributed by atoms with Gasteiger partial charge in [-0.15, -0.1) is 0 Å². The molecule has 0 saturated carbocycles. The van der Waals surface area contributed by atoms with E-state index in [0.717, 1.165) is 0 Å². The van der Waals surface area contributed by atoms with Crippen molar-refractivity contribution in [2.24, 2.45) is 11.8 Å². The Morgan fingerprint density at radius 1 is 1.30 bits per heavy atom. The summed E-state index contributed by atoms with van der Waals surface area (Å²) >= 11 is 5.85. The summed E-state index contributed by atoms with van der Waals surface area (Å²) < 4.78 is 7.47. The van der Waals surface area contributed by atoms with Crippen molar-refractivity contribution in [2.45, 2.75) is 20.1 Å². The number of nitriles is 1. The summed E-state index contributed by atoms with van der Waals surface area (Å²) in [6, 6.07) is 9.30. The summed E-state index contributed by atoms with van der Waals surface area (Å²) in [4.78, 5) is 3.92. The fraction of sp³-hybridized carbons (Fsp3) is 0.357. The van der Waals surface area contributed by atoms with Crippen LogP contribution in [0, 0.1) is 23.2 Å². The Labute approximate surface area is 122 Å². The predicted molar refractivity (Wildman–Crippen MR) is 75.1 cm³/mol. The molecule has 0 N–H and O–H groups in total. The Hall–Kier alpha value is -2.06. The van der Waals surface area contributed by atoms with Crippen LogP contribution >= 0.6 is 11.6 Å². The lowest BCUT2D eigenvalue weighted by molar-refractivity contribution is 0.0589. The van der Waals surface area contributed by atoms with Gasteiger partial charge in [0.05, 0.1) is 6.07 Å².